The lowest BCUT2D eigenvalue weighted by Crippen LogP contribution is -2.39. The minimum absolute atomic E-state index is 0.0521. The first-order valence-electron chi connectivity index (χ1n) is 6.30. The van der Waals surface area contributed by atoms with E-state index in [0.717, 1.165) is 35.4 Å². The fourth-order valence-electron chi connectivity index (χ4n) is 2.53. The molecule has 2 aromatic rings. The average molecular weight is 277 g/mol. The number of nitrogens with zero attached hydrogens (tertiary/aromatic N) is 3. The Hall–Kier alpha value is -1.69. The fourth-order valence-corrected chi connectivity index (χ4v) is 3.39. The van der Waals surface area contributed by atoms with Gasteiger partial charge in [0.2, 0.25) is 0 Å². The highest BCUT2D eigenvalue weighted by Gasteiger charge is 2.28. The van der Waals surface area contributed by atoms with Crippen molar-refractivity contribution in [1.29, 1.82) is 0 Å². The number of carbonyl (C=O) groups excluding carboxylic acids is 1. The number of piperidine rings is 1. The van der Waals surface area contributed by atoms with Gasteiger partial charge in [-0.25, -0.2) is 9.97 Å². The van der Waals surface area contributed by atoms with Crippen LogP contribution in [0.15, 0.2) is 17.8 Å². The van der Waals surface area contributed by atoms with Gasteiger partial charge in [-0.2, -0.15) is 0 Å². The highest BCUT2D eigenvalue weighted by Crippen LogP contribution is 2.30. The number of hydrogen-bond acceptors (Lipinski definition) is 6. The zero-order valence-corrected chi connectivity index (χ0v) is 11.5. The quantitative estimate of drug-likeness (QED) is 0.787. The zero-order chi connectivity index (χ0) is 13.2. The number of thiophene rings is 1. The molecule has 0 bridgehead atoms. The predicted octanol–water partition coefficient (Wildman–Crippen LogP) is 2.08. The third kappa shape index (κ3) is 2.28. The number of fused-ring (bicyclic) bond motifs is 1. The smallest absolute Gasteiger partial charge is 0.310 e. The Morgan fingerprint density at radius 1 is 1.53 bits per heavy atom. The second-order valence-electron chi connectivity index (χ2n) is 4.64. The van der Waals surface area contributed by atoms with Crippen molar-refractivity contribution in [3.05, 3.63) is 17.8 Å². The SMILES string of the molecule is COC(=O)C1CCCN(c2ncnc3ccsc23)C1. The molecule has 19 heavy (non-hydrogen) atoms. The van der Waals surface area contributed by atoms with E-state index in [9.17, 15) is 4.79 Å². The van der Waals surface area contributed by atoms with Crippen LogP contribution < -0.4 is 4.90 Å². The molecule has 5 nitrogen and oxygen atoms in total. The molecular formula is C13H15N3O2S. The molecule has 2 aromatic heterocycles. The Morgan fingerprint density at radius 3 is 3.26 bits per heavy atom. The van der Waals surface area contributed by atoms with Gasteiger partial charge in [0, 0.05) is 13.1 Å². The Morgan fingerprint density at radius 2 is 2.42 bits per heavy atom. The van der Waals surface area contributed by atoms with Gasteiger partial charge in [0.15, 0.2) is 0 Å². The van der Waals surface area contributed by atoms with Crippen molar-refractivity contribution in [2.45, 2.75) is 12.8 Å². The largest absolute Gasteiger partial charge is 0.469 e. The van der Waals surface area contributed by atoms with Crippen molar-refractivity contribution in [2.75, 3.05) is 25.1 Å². The van der Waals surface area contributed by atoms with Gasteiger partial charge in [0.25, 0.3) is 0 Å². The van der Waals surface area contributed by atoms with Gasteiger partial charge < -0.3 is 9.64 Å². The summed E-state index contributed by atoms with van der Waals surface area (Å²) in [7, 11) is 1.45. The molecule has 0 aliphatic carbocycles. The number of aromatic nitrogens is 2. The fraction of sp³-hybridized carbons (Fsp3) is 0.462. The standard InChI is InChI=1S/C13H15N3O2S/c1-18-13(17)9-3-2-5-16(7-9)12-11-10(4-6-19-11)14-8-15-12/h4,6,8-9H,2-3,5,7H2,1H3. The zero-order valence-electron chi connectivity index (χ0n) is 10.7. The molecule has 0 aromatic carbocycles. The van der Waals surface area contributed by atoms with Crippen LogP contribution in [0.2, 0.25) is 0 Å². The van der Waals surface area contributed by atoms with Crippen LogP contribution in [0.1, 0.15) is 12.8 Å². The van der Waals surface area contributed by atoms with E-state index in [-0.39, 0.29) is 11.9 Å². The molecule has 0 N–H and O–H groups in total. The first-order chi connectivity index (χ1) is 9.29. The van der Waals surface area contributed by atoms with Gasteiger partial charge in [-0.15, -0.1) is 11.3 Å². The van der Waals surface area contributed by atoms with Crippen molar-refractivity contribution in [1.82, 2.24) is 9.97 Å². The molecule has 0 saturated carbocycles. The predicted molar refractivity (Wildman–Crippen MR) is 74.4 cm³/mol. The normalized spacial score (nSPS) is 19.6. The van der Waals surface area contributed by atoms with Gasteiger partial charge in [-0.3, -0.25) is 4.79 Å². The number of anilines is 1. The van der Waals surface area contributed by atoms with Gasteiger partial charge in [0.05, 0.1) is 23.2 Å². The highest BCUT2D eigenvalue weighted by molar-refractivity contribution is 7.17. The molecule has 1 aliphatic rings. The minimum atomic E-state index is -0.124. The van der Waals surface area contributed by atoms with Crippen LogP contribution in [0, 0.1) is 5.92 Å². The van der Waals surface area contributed by atoms with Gasteiger partial charge in [-0.1, -0.05) is 0 Å². The molecule has 1 saturated heterocycles. The van der Waals surface area contributed by atoms with Crippen molar-refractivity contribution in [2.24, 2.45) is 5.92 Å². The van der Waals surface area contributed by atoms with E-state index in [2.05, 4.69) is 14.9 Å². The molecule has 1 atom stereocenters. The molecule has 1 unspecified atom stereocenters. The van der Waals surface area contributed by atoms with E-state index in [4.69, 9.17) is 4.74 Å². The van der Waals surface area contributed by atoms with Crippen LogP contribution in [-0.4, -0.2) is 36.1 Å². The average Bonchev–Trinajstić information content (AvgIpc) is 2.94. The van der Waals surface area contributed by atoms with Crippen molar-refractivity contribution < 1.29 is 9.53 Å². The van der Waals surface area contributed by atoms with E-state index < -0.39 is 0 Å². The number of carbonyl (C=O) groups is 1. The van der Waals surface area contributed by atoms with Crippen LogP contribution in [0.25, 0.3) is 10.2 Å². The highest BCUT2D eigenvalue weighted by atomic mass is 32.1. The molecular weight excluding hydrogens is 262 g/mol. The lowest BCUT2D eigenvalue weighted by atomic mass is 9.98. The van der Waals surface area contributed by atoms with Crippen LogP contribution >= 0.6 is 11.3 Å². The third-order valence-electron chi connectivity index (χ3n) is 3.48. The number of rotatable bonds is 2. The summed E-state index contributed by atoms with van der Waals surface area (Å²) in [6.45, 7) is 1.61. The van der Waals surface area contributed by atoms with Gasteiger partial charge in [-0.05, 0) is 24.3 Å². The maximum atomic E-state index is 11.7. The summed E-state index contributed by atoms with van der Waals surface area (Å²) in [5.74, 6) is 0.763. The maximum absolute atomic E-state index is 11.7. The maximum Gasteiger partial charge on any atom is 0.310 e. The number of methoxy groups -OCH3 is 1. The van der Waals surface area contributed by atoms with Crippen molar-refractivity contribution in [3.63, 3.8) is 0 Å². The Bertz CT molecular complexity index is 598. The van der Waals surface area contributed by atoms with E-state index >= 15 is 0 Å². The van der Waals surface area contributed by atoms with E-state index in [0.29, 0.717) is 6.54 Å². The molecule has 1 fully saturated rings. The van der Waals surface area contributed by atoms with Gasteiger partial charge >= 0.3 is 5.97 Å². The van der Waals surface area contributed by atoms with Crippen LogP contribution in [-0.2, 0) is 9.53 Å². The molecule has 1 aliphatic heterocycles. The minimum Gasteiger partial charge on any atom is -0.469 e. The first-order valence-corrected chi connectivity index (χ1v) is 7.18. The number of ether oxygens (including phenoxy) is 1. The Kier molecular flexibility index (Phi) is 3.33. The summed E-state index contributed by atoms with van der Waals surface area (Å²) < 4.78 is 5.94. The van der Waals surface area contributed by atoms with Gasteiger partial charge in [0.1, 0.15) is 12.1 Å². The van der Waals surface area contributed by atoms with Crippen molar-refractivity contribution >= 4 is 33.3 Å². The summed E-state index contributed by atoms with van der Waals surface area (Å²) in [6, 6.07) is 1.99. The summed E-state index contributed by atoms with van der Waals surface area (Å²) >= 11 is 1.64. The first kappa shape index (κ1) is 12.3. The molecule has 0 amide bonds. The monoisotopic (exact) mass is 277 g/mol. The van der Waals surface area contributed by atoms with E-state index in [1.807, 2.05) is 11.4 Å². The summed E-state index contributed by atoms with van der Waals surface area (Å²) in [6.07, 6.45) is 3.46. The van der Waals surface area contributed by atoms with Crippen LogP contribution in [0.5, 0.6) is 0 Å². The molecule has 0 radical (unpaired) electrons. The van der Waals surface area contributed by atoms with Crippen LogP contribution in [0.3, 0.4) is 0 Å². The number of hydrogen-bond donors (Lipinski definition) is 0. The third-order valence-corrected chi connectivity index (χ3v) is 4.38. The van der Waals surface area contributed by atoms with Crippen molar-refractivity contribution in [3.8, 4) is 0 Å². The topological polar surface area (TPSA) is 55.3 Å². The number of esters is 1. The molecule has 100 valence electrons. The van der Waals surface area contributed by atoms with E-state index in [1.165, 1.54) is 7.11 Å². The summed E-state index contributed by atoms with van der Waals surface area (Å²) in [5.41, 5.74) is 0.968. The lowest BCUT2D eigenvalue weighted by Gasteiger charge is -2.32. The second-order valence-corrected chi connectivity index (χ2v) is 5.56. The van der Waals surface area contributed by atoms with Crippen LogP contribution in [0.4, 0.5) is 5.82 Å². The Balaban J connectivity index is 1.89. The lowest BCUT2D eigenvalue weighted by molar-refractivity contribution is -0.145. The molecule has 3 rings (SSSR count). The summed E-state index contributed by atoms with van der Waals surface area (Å²) in [4.78, 5) is 22.5. The molecule has 3 heterocycles. The molecule has 0 spiro atoms. The second kappa shape index (κ2) is 5.13. The Labute approximate surface area is 115 Å². The summed E-state index contributed by atoms with van der Waals surface area (Å²) in [5, 5.41) is 2.02. The molecule has 6 heteroatoms. The van der Waals surface area contributed by atoms with E-state index in [1.54, 1.807) is 17.7 Å².